The van der Waals surface area contributed by atoms with E-state index in [1.807, 2.05) is 42.5 Å². The highest BCUT2D eigenvalue weighted by molar-refractivity contribution is 6.19. The maximum absolute atomic E-state index is 7.91. The fraction of sp³-hybridized carbons (Fsp3) is 0. The van der Waals surface area contributed by atoms with Gasteiger partial charge in [-0.15, -0.1) is 12.4 Å². The van der Waals surface area contributed by atoms with E-state index < -0.39 is 0 Å². The van der Waals surface area contributed by atoms with Crippen molar-refractivity contribution in [3.05, 3.63) is 59.7 Å². The summed E-state index contributed by atoms with van der Waals surface area (Å²) in [4.78, 5) is 3.28. The highest BCUT2D eigenvalue weighted by Gasteiger charge is 2.18. The Labute approximate surface area is 133 Å². The quantitative estimate of drug-likeness (QED) is 0.378. The van der Waals surface area contributed by atoms with Gasteiger partial charge >= 0.3 is 0 Å². The molecule has 0 aliphatic rings. The molecule has 1 heterocycles. The summed E-state index contributed by atoms with van der Waals surface area (Å²) in [6.45, 7) is 0. The van der Waals surface area contributed by atoms with Gasteiger partial charge in [-0.2, -0.15) is 0 Å². The van der Waals surface area contributed by atoms with Gasteiger partial charge in [0.2, 0.25) is 0 Å². The molecule has 0 fully saturated rings. The van der Waals surface area contributed by atoms with Gasteiger partial charge in [0.15, 0.2) is 0 Å². The Bertz CT molecular complexity index is 852. The second kappa shape index (κ2) is 5.91. The van der Waals surface area contributed by atoms with E-state index in [0.29, 0.717) is 11.1 Å². The van der Waals surface area contributed by atoms with Crippen molar-refractivity contribution >= 4 is 35.0 Å². The molecular formula is C16H16ClN5. The molecule has 0 bridgehead atoms. The Kier molecular flexibility index (Phi) is 4.19. The number of benzene rings is 2. The number of amidine groups is 2. The van der Waals surface area contributed by atoms with Crippen LogP contribution in [0.1, 0.15) is 11.1 Å². The molecule has 112 valence electrons. The van der Waals surface area contributed by atoms with Crippen molar-refractivity contribution in [2.24, 2.45) is 11.5 Å². The topological polar surface area (TPSA) is 116 Å². The molecule has 0 atom stereocenters. The fourth-order valence-corrected chi connectivity index (χ4v) is 2.56. The summed E-state index contributed by atoms with van der Waals surface area (Å²) >= 11 is 0. The van der Waals surface area contributed by atoms with Crippen molar-refractivity contribution in [1.29, 1.82) is 10.8 Å². The smallest absolute Gasteiger partial charge is 0.125 e. The molecule has 0 aliphatic heterocycles. The van der Waals surface area contributed by atoms with E-state index in [1.54, 1.807) is 6.07 Å². The van der Waals surface area contributed by atoms with E-state index in [1.165, 1.54) is 0 Å². The van der Waals surface area contributed by atoms with Crippen LogP contribution >= 0.6 is 12.4 Å². The van der Waals surface area contributed by atoms with Crippen molar-refractivity contribution in [2.45, 2.75) is 0 Å². The van der Waals surface area contributed by atoms with Gasteiger partial charge in [0.05, 0.1) is 11.3 Å². The van der Waals surface area contributed by atoms with Crippen LogP contribution in [0.25, 0.3) is 22.2 Å². The molecule has 0 unspecified atom stereocenters. The molecular weight excluding hydrogens is 298 g/mol. The normalized spacial score (nSPS) is 10.2. The Morgan fingerprint density at radius 3 is 2.14 bits per heavy atom. The molecule has 22 heavy (non-hydrogen) atoms. The molecule has 0 saturated carbocycles. The van der Waals surface area contributed by atoms with Crippen molar-refractivity contribution in [1.82, 2.24) is 4.98 Å². The van der Waals surface area contributed by atoms with Gasteiger partial charge < -0.3 is 16.5 Å². The number of halogens is 1. The van der Waals surface area contributed by atoms with Gasteiger partial charge in [-0.1, -0.05) is 42.5 Å². The number of hydrogen-bond acceptors (Lipinski definition) is 2. The molecule has 2 aromatic carbocycles. The van der Waals surface area contributed by atoms with Gasteiger partial charge in [0.1, 0.15) is 11.7 Å². The lowest BCUT2D eigenvalue weighted by Gasteiger charge is -2.05. The van der Waals surface area contributed by atoms with E-state index in [4.69, 9.17) is 22.3 Å². The van der Waals surface area contributed by atoms with Crippen LogP contribution in [0.3, 0.4) is 0 Å². The predicted octanol–water partition coefficient (Wildman–Crippen LogP) is 2.82. The summed E-state index contributed by atoms with van der Waals surface area (Å²) in [5.74, 6) is -0.0875. The number of nitrogen functional groups attached to an aromatic ring is 2. The number of aromatic amines is 1. The lowest BCUT2D eigenvalue weighted by atomic mass is 10.0. The third kappa shape index (κ3) is 2.42. The summed E-state index contributed by atoms with van der Waals surface area (Å²) in [6, 6.07) is 15.2. The monoisotopic (exact) mass is 313 g/mol. The lowest BCUT2D eigenvalue weighted by molar-refractivity contribution is 1.40. The van der Waals surface area contributed by atoms with Gasteiger partial charge in [0, 0.05) is 16.5 Å². The maximum Gasteiger partial charge on any atom is 0.125 e. The van der Waals surface area contributed by atoms with E-state index in [9.17, 15) is 0 Å². The second-order valence-corrected chi connectivity index (χ2v) is 4.80. The molecule has 0 radical (unpaired) electrons. The van der Waals surface area contributed by atoms with Crippen LogP contribution in [-0.2, 0) is 0 Å². The largest absolute Gasteiger partial charge is 0.384 e. The number of fused-ring (bicyclic) bond motifs is 1. The SMILES string of the molecule is Cl.N=C(N)c1cccc2[nH]c(-c3ccccc3)c(C(=N)N)c12. The Hall–Kier alpha value is -2.79. The summed E-state index contributed by atoms with van der Waals surface area (Å²) in [5.41, 5.74) is 15.1. The average molecular weight is 314 g/mol. The summed E-state index contributed by atoms with van der Waals surface area (Å²) in [5, 5.41) is 16.3. The van der Waals surface area contributed by atoms with Gasteiger partial charge in [-0.05, 0) is 11.6 Å². The number of H-pyrrole nitrogens is 1. The third-order valence-electron chi connectivity index (χ3n) is 3.45. The van der Waals surface area contributed by atoms with Gasteiger partial charge in [0.25, 0.3) is 0 Å². The molecule has 0 spiro atoms. The van der Waals surface area contributed by atoms with Crippen molar-refractivity contribution < 1.29 is 0 Å². The zero-order valence-electron chi connectivity index (χ0n) is 11.7. The van der Waals surface area contributed by atoms with E-state index in [0.717, 1.165) is 22.2 Å². The zero-order valence-corrected chi connectivity index (χ0v) is 12.5. The molecule has 0 aliphatic carbocycles. The number of nitrogens with two attached hydrogens (primary N) is 2. The molecule has 5 nitrogen and oxygen atoms in total. The van der Waals surface area contributed by atoms with Crippen LogP contribution in [0, 0.1) is 10.8 Å². The van der Waals surface area contributed by atoms with E-state index >= 15 is 0 Å². The van der Waals surface area contributed by atoms with Crippen LogP contribution in [0.4, 0.5) is 0 Å². The molecule has 7 N–H and O–H groups in total. The Morgan fingerprint density at radius 2 is 1.55 bits per heavy atom. The number of nitrogens with one attached hydrogen (secondary N) is 3. The average Bonchev–Trinajstić information content (AvgIpc) is 2.87. The molecule has 0 saturated heterocycles. The van der Waals surface area contributed by atoms with Gasteiger partial charge in [-0.25, -0.2) is 0 Å². The Balaban J connectivity index is 0.00000176. The van der Waals surface area contributed by atoms with Crippen molar-refractivity contribution in [2.75, 3.05) is 0 Å². The minimum atomic E-state index is -0.0474. The highest BCUT2D eigenvalue weighted by Crippen LogP contribution is 2.32. The molecule has 0 amide bonds. The molecule has 3 aromatic rings. The van der Waals surface area contributed by atoms with E-state index in [-0.39, 0.29) is 24.1 Å². The minimum Gasteiger partial charge on any atom is -0.384 e. The summed E-state index contributed by atoms with van der Waals surface area (Å²) in [7, 11) is 0. The number of rotatable bonds is 3. The number of aromatic nitrogens is 1. The highest BCUT2D eigenvalue weighted by atomic mass is 35.5. The maximum atomic E-state index is 7.91. The van der Waals surface area contributed by atoms with Gasteiger partial charge in [-0.3, -0.25) is 10.8 Å². The fourth-order valence-electron chi connectivity index (χ4n) is 2.56. The van der Waals surface area contributed by atoms with E-state index in [2.05, 4.69) is 4.98 Å². The summed E-state index contributed by atoms with van der Waals surface area (Å²) < 4.78 is 0. The van der Waals surface area contributed by atoms with Crippen LogP contribution in [-0.4, -0.2) is 16.7 Å². The molecule has 6 heteroatoms. The molecule has 3 rings (SSSR count). The van der Waals surface area contributed by atoms with Crippen LogP contribution < -0.4 is 11.5 Å². The zero-order chi connectivity index (χ0) is 15.0. The summed E-state index contributed by atoms with van der Waals surface area (Å²) in [6.07, 6.45) is 0. The standard InChI is InChI=1S/C16H15N5.ClH/c17-15(18)10-7-4-8-11-12(10)13(16(19)20)14(21-11)9-5-2-1-3-6-9;/h1-8,21H,(H3,17,18)(H3,19,20);1H. The first-order valence-corrected chi connectivity index (χ1v) is 6.48. The first kappa shape index (κ1) is 15.6. The minimum absolute atomic E-state index is 0. The Morgan fingerprint density at radius 1 is 0.864 bits per heavy atom. The first-order chi connectivity index (χ1) is 10.1. The third-order valence-corrected chi connectivity index (χ3v) is 3.45. The second-order valence-electron chi connectivity index (χ2n) is 4.80. The van der Waals surface area contributed by atoms with Crippen LogP contribution in [0.5, 0.6) is 0 Å². The van der Waals surface area contributed by atoms with Crippen molar-refractivity contribution in [3.63, 3.8) is 0 Å². The van der Waals surface area contributed by atoms with Crippen molar-refractivity contribution in [3.8, 4) is 11.3 Å². The first-order valence-electron chi connectivity index (χ1n) is 6.48. The van der Waals surface area contributed by atoms with Crippen LogP contribution in [0.2, 0.25) is 0 Å². The number of hydrogen-bond donors (Lipinski definition) is 5. The molecule has 1 aromatic heterocycles. The van der Waals surface area contributed by atoms with Crippen LogP contribution in [0.15, 0.2) is 48.5 Å². The lowest BCUT2D eigenvalue weighted by Crippen LogP contribution is -2.15. The predicted molar refractivity (Wildman–Crippen MR) is 93.0 cm³/mol.